The zero-order valence-corrected chi connectivity index (χ0v) is 7.28. The first kappa shape index (κ1) is 14.7. The van der Waals surface area contributed by atoms with Crippen LogP contribution in [0.1, 0.15) is 0 Å². The maximum atomic E-state index is 10.3. The van der Waals surface area contributed by atoms with Crippen LogP contribution in [0.4, 0.5) is 5.69 Å². The minimum atomic E-state index is -1.93. The fourth-order valence-corrected chi connectivity index (χ4v) is 0.706. The molecule has 0 unspecified atom stereocenters. The van der Waals surface area contributed by atoms with Crippen molar-refractivity contribution in [3.63, 3.8) is 0 Å². The van der Waals surface area contributed by atoms with E-state index in [1.807, 2.05) is 0 Å². The van der Waals surface area contributed by atoms with E-state index in [1.165, 1.54) is 12.1 Å². The average Bonchev–Trinajstić information content (AvgIpc) is 1.88. The molecule has 1 aromatic rings. The molecule has 1 aromatic carbocycles. The number of hydrogen-bond acceptors (Lipinski definition) is 3. The second-order valence-electron chi connectivity index (χ2n) is 2.00. The third-order valence-corrected chi connectivity index (χ3v) is 1.18. The maximum Gasteiger partial charge on any atom is 1.00 e. The van der Waals surface area contributed by atoms with Gasteiger partial charge in [-0.1, -0.05) is 19.3 Å². The number of anilines is 1. The van der Waals surface area contributed by atoms with Crippen LogP contribution in [0, 0.1) is 0 Å². The van der Waals surface area contributed by atoms with E-state index in [0.717, 1.165) is 0 Å². The Morgan fingerprint density at radius 3 is 2.08 bits per heavy atom. The largest absolute Gasteiger partial charge is 1.00 e. The van der Waals surface area contributed by atoms with E-state index in [-0.39, 0.29) is 43.2 Å². The van der Waals surface area contributed by atoms with Gasteiger partial charge in [0.05, 0.1) is 0 Å². The van der Waals surface area contributed by atoms with Crippen molar-refractivity contribution in [1.82, 2.24) is 0 Å². The molecule has 0 bridgehead atoms. The molecule has 2 N–H and O–H groups in total. The van der Waals surface area contributed by atoms with Crippen LogP contribution in [-0.4, -0.2) is 7.12 Å². The van der Waals surface area contributed by atoms with Gasteiger partial charge in [0.25, 0.3) is 0 Å². The topological polar surface area (TPSA) is 72.1 Å². The van der Waals surface area contributed by atoms with Crippen molar-refractivity contribution in [1.29, 1.82) is 0 Å². The van der Waals surface area contributed by atoms with Crippen molar-refractivity contribution in [2.45, 2.75) is 0 Å². The van der Waals surface area contributed by atoms with Gasteiger partial charge in [-0.3, -0.25) is 0 Å². The number of hydrogen-bond donors (Lipinski definition) is 1. The molecular formula is C6H6BLi2NO2. The van der Waals surface area contributed by atoms with E-state index in [4.69, 9.17) is 5.73 Å². The monoisotopic (exact) mass is 149 g/mol. The summed E-state index contributed by atoms with van der Waals surface area (Å²) in [5, 5.41) is 20.5. The van der Waals surface area contributed by atoms with E-state index in [9.17, 15) is 10.0 Å². The van der Waals surface area contributed by atoms with Crippen molar-refractivity contribution in [3.05, 3.63) is 24.3 Å². The van der Waals surface area contributed by atoms with Crippen LogP contribution in [0.2, 0.25) is 0 Å². The normalized spacial score (nSPS) is 7.83. The fraction of sp³-hybridized carbons (Fsp3) is 0. The number of rotatable bonds is 1. The third kappa shape index (κ3) is 4.28. The second-order valence-corrected chi connectivity index (χ2v) is 2.00. The minimum absolute atomic E-state index is 0. The Labute approximate surface area is 95.8 Å². The zero-order valence-electron chi connectivity index (χ0n) is 7.28. The number of benzene rings is 1. The molecule has 0 amide bonds. The summed E-state index contributed by atoms with van der Waals surface area (Å²) in [5.41, 5.74) is 5.97. The van der Waals surface area contributed by atoms with Gasteiger partial charge in [0.2, 0.25) is 0 Å². The SMILES string of the molecule is Nc1cccc(B([O-])[O-])c1.[Li+].[Li+]. The second kappa shape index (κ2) is 6.69. The molecule has 0 saturated heterocycles. The zero-order chi connectivity index (χ0) is 7.56. The smallest absolute Gasteiger partial charge is 0.889 e. The van der Waals surface area contributed by atoms with Crippen molar-refractivity contribution in [2.24, 2.45) is 0 Å². The van der Waals surface area contributed by atoms with Crippen molar-refractivity contribution in [2.75, 3.05) is 5.73 Å². The van der Waals surface area contributed by atoms with Crippen molar-refractivity contribution >= 4 is 18.3 Å². The summed E-state index contributed by atoms with van der Waals surface area (Å²) < 4.78 is 0. The van der Waals surface area contributed by atoms with Crippen LogP contribution in [0.25, 0.3) is 0 Å². The van der Waals surface area contributed by atoms with Crippen LogP contribution in [0.15, 0.2) is 24.3 Å². The Hall–Kier alpha value is 0.200. The van der Waals surface area contributed by atoms with E-state index >= 15 is 0 Å². The molecule has 0 saturated carbocycles. The first-order chi connectivity index (χ1) is 4.70. The molecule has 0 aromatic heterocycles. The first-order valence-corrected chi connectivity index (χ1v) is 2.87. The molecule has 0 aliphatic rings. The van der Waals surface area contributed by atoms with Gasteiger partial charge in [0, 0.05) is 5.69 Å². The third-order valence-electron chi connectivity index (χ3n) is 1.18. The van der Waals surface area contributed by atoms with E-state index in [2.05, 4.69) is 0 Å². The predicted octanol–water partition coefficient (Wildman–Crippen LogP) is -8.31. The van der Waals surface area contributed by atoms with Crippen LogP contribution >= 0.6 is 0 Å². The summed E-state index contributed by atoms with van der Waals surface area (Å²) in [6.07, 6.45) is 0. The van der Waals surface area contributed by atoms with Gasteiger partial charge < -0.3 is 15.8 Å². The van der Waals surface area contributed by atoms with Gasteiger partial charge >= 0.3 is 37.7 Å². The standard InChI is InChI=1S/C6H6BNO2.2Li/c8-6-3-1-2-5(4-6)7(9)10;;/h1-4H,8H2;;/q-2;2*+1. The summed E-state index contributed by atoms with van der Waals surface area (Å²) in [6.45, 7) is 0. The summed E-state index contributed by atoms with van der Waals surface area (Å²) in [4.78, 5) is 0. The Kier molecular flexibility index (Phi) is 8.20. The molecule has 0 aliphatic carbocycles. The Morgan fingerprint density at radius 1 is 1.17 bits per heavy atom. The molecule has 0 spiro atoms. The van der Waals surface area contributed by atoms with Gasteiger partial charge in [0.15, 0.2) is 0 Å². The van der Waals surface area contributed by atoms with Gasteiger partial charge in [-0.2, -0.15) is 0 Å². The minimum Gasteiger partial charge on any atom is -0.889 e. The van der Waals surface area contributed by atoms with Crippen LogP contribution in [0.3, 0.4) is 0 Å². The van der Waals surface area contributed by atoms with Crippen molar-refractivity contribution < 1.29 is 47.8 Å². The van der Waals surface area contributed by atoms with E-state index in [0.29, 0.717) is 5.69 Å². The summed E-state index contributed by atoms with van der Waals surface area (Å²) in [7, 11) is -1.93. The van der Waals surface area contributed by atoms with E-state index in [1.54, 1.807) is 12.1 Å². The number of nitrogen functional groups attached to an aromatic ring is 1. The number of nitrogens with two attached hydrogens (primary N) is 1. The maximum absolute atomic E-state index is 10.3. The first-order valence-electron chi connectivity index (χ1n) is 2.87. The van der Waals surface area contributed by atoms with Gasteiger partial charge in [0.1, 0.15) is 0 Å². The molecule has 0 heterocycles. The molecule has 0 radical (unpaired) electrons. The summed E-state index contributed by atoms with van der Waals surface area (Å²) in [5.74, 6) is 0. The summed E-state index contributed by atoms with van der Waals surface area (Å²) in [6, 6.07) is 6.09. The van der Waals surface area contributed by atoms with Crippen LogP contribution in [0.5, 0.6) is 0 Å². The molecular weight excluding hydrogens is 143 g/mol. The molecule has 0 fully saturated rings. The summed E-state index contributed by atoms with van der Waals surface area (Å²) >= 11 is 0. The Bertz CT molecular complexity index is 235. The Morgan fingerprint density at radius 2 is 1.75 bits per heavy atom. The molecule has 1 rings (SSSR count). The van der Waals surface area contributed by atoms with Gasteiger partial charge in [-0.05, 0) is 12.1 Å². The average molecular weight is 149 g/mol. The molecule has 0 atom stereocenters. The fourth-order valence-electron chi connectivity index (χ4n) is 0.706. The quantitative estimate of drug-likeness (QED) is 0.318. The molecule has 6 heteroatoms. The van der Waals surface area contributed by atoms with Gasteiger partial charge in [-0.25, -0.2) is 0 Å². The Balaban J connectivity index is 0. The van der Waals surface area contributed by atoms with Crippen LogP contribution < -0.4 is 59.0 Å². The predicted molar refractivity (Wildman–Crippen MR) is 36.2 cm³/mol. The molecule has 0 aliphatic heterocycles. The van der Waals surface area contributed by atoms with Gasteiger partial charge in [-0.15, -0.1) is 5.46 Å². The van der Waals surface area contributed by atoms with Crippen LogP contribution in [-0.2, 0) is 0 Å². The van der Waals surface area contributed by atoms with E-state index < -0.39 is 7.12 Å². The molecule has 3 nitrogen and oxygen atoms in total. The molecule has 12 heavy (non-hydrogen) atoms. The van der Waals surface area contributed by atoms with Crippen molar-refractivity contribution in [3.8, 4) is 0 Å². The molecule has 52 valence electrons.